The highest BCUT2D eigenvalue weighted by molar-refractivity contribution is 7.99. The Balaban J connectivity index is 1.50. The number of carboxylic acids is 2. The van der Waals surface area contributed by atoms with Crippen LogP contribution in [-0.2, 0) is 31.5 Å². The number of hydrogen-bond acceptors (Lipinski definition) is 5. The van der Waals surface area contributed by atoms with Crippen molar-refractivity contribution in [2.45, 2.75) is 47.8 Å². The molecule has 0 aliphatic carbocycles. The summed E-state index contributed by atoms with van der Waals surface area (Å²) < 4.78 is 84.3. The minimum atomic E-state index is -4.94. The number of aliphatic carboxylic acids is 2. The Morgan fingerprint density at radius 1 is 0.638 bits per heavy atom. The van der Waals surface area contributed by atoms with E-state index in [0.29, 0.717) is 0 Å². The van der Waals surface area contributed by atoms with E-state index in [1.165, 1.54) is 21.9 Å². The lowest BCUT2D eigenvalue weighted by Crippen LogP contribution is -2.39. The molecular formula is C32H30F6N2O6S. The van der Waals surface area contributed by atoms with Gasteiger partial charge in [-0.3, -0.25) is 19.2 Å². The van der Waals surface area contributed by atoms with Crippen LogP contribution in [0.3, 0.4) is 0 Å². The second kappa shape index (κ2) is 14.7. The van der Waals surface area contributed by atoms with E-state index in [4.69, 9.17) is 10.2 Å². The maximum absolute atomic E-state index is 14.1. The predicted octanol–water partition coefficient (Wildman–Crippen LogP) is 6.55. The van der Waals surface area contributed by atoms with E-state index < -0.39 is 68.9 Å². The van der Waals surface area contributed by atoms with Crippen LogP contribution in [0.15, 0.2) is 58.3 Å². The van der Waals surface area contributed by atoms with E-state index in [9.17, 15) is 45.5 Å². The quantitative estimate of drug-likeness (QED) is 0.240. The van der Waals surface area contributed by atoms with Gasteiger partial charge in [0.2, 0.25) is 11.8 Å². The molecule has 2 amide bonds. The molecule has 4 rings (SSSR count). The van der Waals surface area contributed by atoms with E-state index >= 15 is 0 Å². The first-order chi connectivity index (χ1) is 22.0. The van der Waals surface area contributed by atoms with Gasteiger partial charge in [0.1, 0.15) is 0 Å². The van der Waals surface area contributed by atoms with Crippen molar-refractivity contribution in [3.8, 4) is 0 Å². The number of nitrogens with zero attached hydrogens (tertiary/aromatic N) is 2. The zero-order valence-electron chi connectivity index (χ0n) is 24.7. The Bertz CT molecular complexity index is 1460. The van der Waals surface area contributed by atoms with Crippen molar-refractivity contribution < 1.29 is 55.7 Å². The van der Waals surface area contributed by atoms with E-state index in [-0.39, 0.29) is 74.8 Å². The van der Waals surface area contributed by atoms with Gasteiger partial charge in [-0.05, 0) is 73.2 Å². The Morgan fingerprint density at radius 3 is 1.28 bits per heavy atom. The highest BCUT2D eigenvalue weighted by atomic mass is 32.2. The molecule has 8 nitrogen and oxygen atoms in total. The molecule has 0 radical (unpaired) electrons. The second-order valence-corrected chi connectivity index (χ2v) is 12.2. The average Bonchev–Trinajstić information content (AvgIpc) is 3.02. The topological polar surface area (TPSA) is 115 Å². The second-order valence-electron chi connectivity index (χ2n) is 11.2. The Hall–Kier alpha value is -4.27. The minimum Gasteiger partial charge on any atom is -0.481 e. The fourth-order valence-corrected chi connectivity index (χ4v) is 6.36. The summed E-state index contributed by atoms with van der Waals surface area (Å²) >= 11 is 0.277. The first-order valence-corrected chi connectivity index (χ1v) is 15.3. The molecule has 2 aromatic rings. The van der Waals surface area contributed by atoms with Gasteiger partial charge in [-0.2, -0.15) is 26.3 Å². The highest BCUT2D eigenvalue weighted by Gasteiger charge is 2.37. The molecule has 2 aliphatic rings. The van der Waals surface area contributed by atoms with Crippen molar-refractivity contribution in [1.29, 1.82) is 0 Å². The number of carbonyl (C=O) groups is 4. The summed E-state index contributed by atoms with van der Waals surface area (Å²) in [5.41, 5.74) is -2.42. The number of likely N-dealkylation sites (tertiary alicyclic amines) is 2. The molecule has 0 spiro atoms. The van der Waals surface area contributed by atoms with E-state index in [2.05, 4.69) is 0 Å². The number of carboxylic acid groups (broad SMARTS) is 2. The number of amides is 2. The van der Waals surface area contributed by atoms with Gasteiger partial charge in [-0.15, -0.1) is 0 Å². The molecule has 0 atom stereocenters. The number of carbonyl (C=O) groups excluding carboxylic acids is 2. The van der Waals surface area contributed by atoms with Gasteiger partial charge < -0.3 is 20.0 Å². The van der Waals surface area contributed by atoms with Crippen LogP contribution in [0.4, 0.5) is 26.3 Å². The number of rotatable bonds is 8. The number of benzene rings is 2. The van der Waals surface area contributed by atoms with E-state index in [1.807, 2.05) is 0 Å². The lowest BCUT2D eigenvalue weighted by Gasteiger charge is -2.29. The first-order valence-electron chi connectivity index (χ1n) is 14.5. The maximum atomic E-state index is 14.1. The van der Waals surface area contributed by atoms with Crippen LogP contribution in [0, 0.1) is 11.8 Å². The SMILES string of the molecule is O=C(O)C1CCN(C(=O)/C=C/c2ccc(Sc3ccc(/C=C/C(=O)N4CCC(C(=O)O)CC4)cc3C(F)(F)F)c(C(F)(F)F)c2)CC1. The smallest absolute Gasteiger partial charge is 0.417 e. The van der Waals surface area contributed by atoms with Crippen molar-refractivity contribution in [3.05, 3.63) is 70.8 Å². The number of piperidine rings is 2. The summed E-state index contributed by atoms with van der Waals surface area (Å²) in [6.45, 7) is 0.736. The van der Waals surface area contributed by atoms with Crippen LogP contribution >= 0.6 is 11.8 Å². The Kier molecular flexibility index (Phi) is 11.1. The van der Waals surface area contributed by atoms with Crippen molar-refractivity contribution >= 4 is 47.7 Å². The van der Waals surface area contributed by atoms with E-state index in [1.54, 1.807) is 0 Å². The summed E-state index contributed by atoms with van der Waals surface area (Å²) in [5, 5.41) is 18.2. The molecule has 0 bridgehead atoms. The van der Waals surface area contributed by atoms with Crippen molar-refractivity contribution in [1.82, 2.24) is 9.80 Å². The third kappa shape index (κ3) is 9.40. The number of halogens is 6. The molecule has 2 N–H and O–H groups in total. The maximum Gasteiger partial charge on any atom is 0.417 e. The van der Waals surface area contributed by atoms with Crippen molar-refractivity contribution in [2.75, 3.05) is 26.2 Å². The molecular weight excluding hydrogens is 654 g/mol. The third-order valence-corrected chi connectivity index (χ3v) is 9.14. The summed E-state index contributed by atoms with van der Waals surface area (Å²) in [4.78, 5) is 49.0. The molecule has 2 heterocycles. The molecule has 0 saturated carbocycles. The molecule has 2 aliphatic heterocycles. The average molecular weight is 685 g/mol. The summed E-state index contributed by atoms with van der Waals surface area (Å²) in [7, 11) is 0. The Morgan fingerprint density at radius 2 is 0.979 bits per heavy atom. The monoisotopic (exact) mass is 684 g/mol. The van der Waals surface area contributed by atoms with E-state index in [0.717, 1.165) is 48.6 Å². The molecule has 0 unspecified atom stereocenters. The molecule has 2 saturated heterocycles. The van der Waals surface area contributed by atoms with Crippen LogP contribution in [0.5, 0.6) is 0 Å². The van der Waals surface area contributed by atoms with Gasteiger partial charge in [0, 0.05) is 48.1 Å². The fraction of sp³-hybridized carbons (Fsp3) is 0.375. The lowest BCUT2D eigenvalue weighted by atomic mass is 9.97. The standard InChI is InChI=1S/C32H30F6N2O6S/c33-31(34,35)23-17-19(3-7-27(41)39-13-9-21(10-14-39)29(43)44)1-5-25(23)47-26-6-2-20(18-24(26)32(36,37)38)4-8-28(42)40-15-11-22(12-16-40)30(45)46/h1-8,17-18,21-22H,9-16H2,(H,43,44)(H,45,46)/b7-3+,8-4+. The van der Waals surface area contributed by atoms with Crippen LogP contribution < -0.4 is 0 Å². The van der Waals surface area contributed by atoms with Crippen LogP contribution in [-0.4, -0.2) is 69.9 Å². The minimum absolute atomic E-state index is 0.0103. The van der Waals surface area contributed by atoms with Gasteiger partial charge >= 0.3 is 24.3 Å². The first kappa shape index (κ1) is 35.6. The van der Waals surface area contributed by atoms with Crippen molar-refractivity contribution in [3.63, 3.8) is 0 Å². The predicted molar refractivity (Wildman–Crippen MR) is 159 cm³/mol. The lowest BCUT2D eigenvalue weighted by molar-refractivity contribution is -0.145. The van der Waals surface area contributed by atoms with Gasteiger partial charge in [-0.1, -0.05) is 23.9 Å². The number of alkyl halides is 6. The third-order valence-electron chi connectivity index (χ3n) is 7.99. The molecule has 2 fully saturated rings. The number of hydrogen-bond donors (Lipinski definition) is 2. The molecule has 2 aromatic carbocycles. The zero-order chi connectivity index (χ0) is 34.5. The fourth-order valence-electron chi connectivity index (χ4n) is 5.28. The van der Waals surface area contributed by atoms with Crippen LogP contribution in [0.1, 0.15) is 47.9 Å². The summed E-state index contributed by atoms with van der Waals surface area (Å²) in [5.74, 6) is -4.07. The van der Waals surface area contributed by atoms with Gasteiger partial charge in [0.15, 0.2) is 0 Å². The molecule has 252 valence electrons. The summed E-state index contributed by atoms with van der Waals surface area (Å²) in [6.07, 6.45) is -4.40. The summed E-state index contributed by atoms with van der Waals surface area (Å²) in [6, 6.07) is 6.00. The van der Waals surface area contributed by atoms with Crippen molar-refractivity contribution in [2.24, 2.45) is 11.8 Å². The zero-order valence-corrected chi connectivity index (χ0v) is 25.5. The van der Waals surface area contributed by atoms with Gasteiger partial charge in [-0.25, -0.2) is 0 Å². The van der Waals surface area contributed by atoms with Crippen LogP contribution in [0.25, 0.3) is 12.2 Å². The highest BCUT2D eigenvalue weighted by Crippen LogP contribution is 2.44. The molecule has 15 heteroatoms. The molecule has 0 aromatic heterocycles. The van der Waals surface area contributed by atoms with Gasteiger partial charge in [0.05, 0.1) is 23.0 Å². The largest absolute Gasteiger partial charge is 0.481 e. The van der Waals surface area contributed by atoms with Gasteiger partial charge in [0.25, 0.3) is 0 Å². The molecule has 47 heavy (non-hydrogen) atoms. The van der Waals surface area contributed by atoms with Crippen LogP contribution in [0.2, 0.25) is 0 Å². The normalized spacial score (nSPS) is 17.1. The Labute approximate surface area is 269 Å².